The molecule has 0 spiro atoms. The molecule has 2 fully saturated rings. The number of carbonyl (C=O) groups excluding carboxylic acids is 2. The molecule has 0 radical (unpaired) electrons. The molecule has 3 amide bonds. The van der Waals surface area contributed by atoms with Crippen LogP contribution in [0.5, 0.6) is 0 Å². The summed E-state index contributed by atoms with van der Waals surface area (Å²) in [4.78, 5) is 28.7. The number of carbonyl (C=O) groups is 2. The van der Waals surface area contributed by atoms with E-state index in [-0.39, 0.29) is 11.4 Å². The van der Waals surface area contributed by atoms with Gasteiger partial charge in [-0.05, 0) is 66.1 Å². The minimum atomic E-state index is -0.409. The predicted octanol–water partition coefficient (Wildman–Crippen LogP) is 1.95. The number of nitrogens with one attached hydrogen (secondary N) is 2. The summed E-state index contributed by atoms with van der Waals surface area (Å²) in [7, 11) is 0. The van der Waals surface area contributed by atoms with Gasteiger partial charge in [0.25, 0.3) is 0 Å². The lowest BCUT2D eigenvalue weighted by molar-refractivity contribution is -0.121. The molecule has 0 saturated carbocycles. The van der Waals surface area contributed by atoms with Crippen molar-refractivity contribution in [3.63, 3.8) is 0 Å². The lowest BCUT2D eigenvalue weighted by atomic mass is 10.0. The highest BCUT2D eigenvalue weighted by atomic mass is 16.2. The Morgan fingerprint density at radius 1 is 1.00 bits per heavy atom. The predicted molar refractivity (Wildman–Crippen MR) is 95.9 cm³/mol. The lowest BCUT2D eigenvalue weighted by Crippen LogP contribution is -2.53. The molecular formula is C18H34N4O2. The highest BCUT2D eigenvalue weighted by molar-refractivity contribution is 5.95. The van der Waals surface area contributed by atoms with Gasteiger partial charge in [0.05, 0.1) is 6.54 Å². The average Bonchev–Trinajstić information content (AvgIpc) is 2.74. The van der Waals surface area contributed by atoms with Crippen molar-refractivity contribution in [3.8, 4) is 0 Å². The third-order valence-electron chi connectivity index (χ3n) is 4.75. The van der Waals surface area contributed by atoms with E-state index in [1.807, 2.05) is 20.8 Å². The van der Waals surface area contributed by atoms with Gasteiger partial charge in [-0.2, -0.15) is 0 Å². The van der Waals surface area contributed by atoms with Crippen molar-refractivity contribution in [2.24, 2.45) is 0 Å². The van der Waals surface area contributed by atoms with Crippen molar-refractivity contribution in [3.05, 3.63) is 0 Å². The van der Waals surface area contributed by atoms with Crippen molar-refractivity contribution in [2.45, 2.75) is 70.9 Å². The third kappa shape index (κ3) is 6.77. The summed E-state index contributed by atoms with van der Waals surface area (Å²) in [5.74, 6) is -0.215. The molecule has 0 bridgehead atoms. The first-order valence-corrected chi connectivity index (χ1v) is 9.42. The van der Waals surface area contributed by atoms with Crippen molar-refractivity contribution in [1.29, 1.82) is 0 Å². The van der Waals surface area contributed by atoms with Crippen LogP contribution in [0.1, 0.15) is 59.3 Å². The number of likely N-dealkylation sites (tertiary alicyclic amines) is 2. The SMILES string of the molecule is CC(C)(C)NC(=O)NC(=O)CN1CCC[C@H](N2CCCCCC2)C1. The van der Waals surface area contributed by atoms with Gasteiger partial charge in [-0.1, -0.05) is 12.8 Å². The molecule has 0 aliphatic carbocycles. The minimum absolute atomic E-state index is 0.215. The molecule has 1 atom stereocenters. The van der Waals surface area contributed by atoms with E-state index in [4.69, 9.17) is 0 Å². The number of nitrogens with zero attached hydrogens (tertiary/aromatic N) is 2. The number of amides is 3. The van der Waals surface area contributed by atoms with E-state index in [0.717, 1.165) is 19.5 Å². The van der Waals surface area contributed by atoms with Crippen LogP contribution in [0.2, 0.25) is 0 Å². The summed E-state index contributed by atoms with van der Waals surface area (Å²) >= 11 is 0. The molecule has 2 rings (SSSR count). The first-order chi connectivity index (χ1) is 11.3. The smallest absolute Gasteiger partial charge is 0.321 e. The highest BCUT2D eigenvalue weighted by Gasteiger charge is 2.27. The monoisotopic (exact) mass is 338 g/mol. The van der Waals surface area contributed by atoms with Crippen molar-refractivity contribution in [1.82, 2.24) is 20.4 Å². The second-order valence-corrected chi connectivity index (χ2v) is 8.23. The van der Waals surface area contributed by atoms with Gasteiger partial charge >= 0.3 is 6.03 Å². The zero-order valence-electron chi connectivity index (χ0n) is 15.6. The van der Waals surface area contributed by atoms with Crippen LogP contribution < -0.4 is 10.6 Å². The number of urea groups is 1. The maximum atomic E-state index is 12.1. The lowest BCUT2D eigenvalue weighted by Gasteiger charge is -2.38. The van der Waals surface area contributed by atoms with Gasteiger partial charge in [0.1, 0.15) is 0 Å². The van der Waals surface area contributed by atoms with Gasteiger partial charge in [-0.3, -0.25) is 19.9 Å². The summed E-state index contributed by atoms with van der Waals surface area (Å²) < 4.78 is 0. The van der Waals surface area contributed by atoms with Crippen LogP contribution in [0.15, 0.2) is 0 Å². The Bertz CT molecular complexity index is 425. The summed E-state index contributed by atoms with van der Waals surface area (Å²) in [5.41, 5.74) is -0.340. The molecule has 2 heterocycles. The summed E-state index contributed by atoms with van der Waals surface area (Å²) in [6.07, 6.45) is 7.63. The van der Waals surface area contributed by atoms with Crippen LogP contribution >= 0.6 is 0 Å². The zero-order chi connectivity index (χ0) is 17.6. The van der Waals surface area contributed by atoms with Crippen LogP contribution in [0.3, 0.4) is 0 Å². The van der Waals surface area contributed by atoms with E-state index >= 15 is 0 Å². The van der Waals surface area contributed by atoms with Gasteiger partial charge in [0, 0.05) is 18.1 Å². The summed E-state index contributed by atoms with van der Waals surface area (Å²) in [6.45, 7) is 10.3. The average molecular weight is 338 g/mol. The van der Waals surface area contributed by atoms with Crippen molar-refractivity contribution < 1.29 is 9.59 Å². The quantitative estimate of drug-likeness (QED) is 0.825. The summed E-state index contributed by atoms with van der Waals surface area (Å²) in [6, 6.07) is 0.154. The van der Waals surface area contributed by atoms with Gasteiger partial charge in [-0.15, -0.1) is 0 Å². The molecule has 6 heteroatoms. The van der Waals surface area contributed by atoms with Crippen molar-refractivity contribution in [2.75, 3.05) is 32.7 Å². The first kappa shape index (κ1) is 19.2. The number of rotatable bonds is 3. The van der Waals surface area contributed by atoms with Crippen LogP contribution in [0.25, 0.3) is 0 Å². The van der Waals surface area contributed by atoms with Gasteiger partial charge < -0.3 is 5.32 Å². The Morgan fingerprint density at radius 2 is 1.67 bits per heavy atom. The maximum Gasteiger partial charge on any atom is 0.321 e. The van der Waals surface area contributed by atoms with Gasteiger partial charge in [0.15, 0.2) is 0 Å². The Hall–Kier alpha value is -1.14. The van der Waals surface area contributed by atoms with Gasteiger partial charge in [-0.25, -0.2) is 4.79 Å². The van der Waals surface area contributed by atoms with E-state index in [9.17, 15) is 9.59 Å². The Labute approximate surface area is 146 Å². The molecule has 0 aromatic carbocycles. The molecular weight excluding hydrogens is 304 g/mol. The van der Waals surface area contributed by atoms with Crippen LogP contribution in [-0.4, -0.2) is 66.0 Å². The fourth-order valence-corrected chi connectivity index (χ4v) is 3.67. The molecule has 0 unspecified atom stereocenters. The molecule has 2 N–H and O–H groups in total. The second-order valence-electron chi connectivity index (χ2n) is 8.23. The first-order valence-electron chi connectivity index (χ1n) is 9.42. The topological polar surface area (TPSA) is 64.7 Å². The Morgan fingerprint density at radius 3 is 2.29 bits per heavy atom. The number of piperidine rings is 1. The standard InChI is InChI=1S/C18H34N4O2/c1-18(2,3)20-17(24)19-16(23)14-21-10-8-9-15(13-21)22-11-6-4-5-7-12-22/h15H,4-14H2,1-3H3,(H2,19,20,23,24)/t15-/m0/s1. The molecule has 2 aliphatic rings. The number of hydrogen-bond donors (Lipinski definition) is 2. The normalized spacial score (nSPS) is 24.2. The van der Waals surface area contributed by atoms with E-state index < -0.39 is 6.03 Å². The number of hydrogen-bond acceptors (Lipinski definition) is 4. The highest BCUT2D eigenvalue weighted by Crippen LogP contribution is 2.19. The summed E-state index contributed by atoms with van der Waals surface area (Å²) in [5, 5.41) is 5.20. The zero-order valence-corrected chi connectivity index (χ0v) is 15.6. The maximum absolute atomic E-state index is 12.1. The fourth-order valence-electron chi connectivity index (χ4n) is 3.67. The third-order valence-corrected chi connectivity index (χ3v) is 4.75. The van der Waals surface area contributed by atoms with E-state index in [1.54, 1.807) is 0 Å². The molecule has 0 aromatic heterocycles. The Balaban J connectivity index is 1.77. The van der Waals surface area contributed by atoms with Crippen LogP contribution in [0, 0.1) is 0 Å². The molecule has 2 saturated heterocycles. The van der Waals surface area contributed by atoms with Crippen LogP contribution in [-0.2, 0) is 4.79 Å². The van der Waals surface area contributed by atoms with Crippen LogP contribution in [0.4, 0.5) is 4.79 Å². The van der Waals surface area contributed by atoms with Crippen molar-refractivity contribution >= 4 is 11.9 Å². The molecule has 138 valence electrons. The van der Waals surface area contributed by atoms with Gasteiger partial charge in [0.2, 0.25) is 5.91 Å². The van der Waals surface area contributed by atoms with E-state index in [2.05, 4.69) is 20.4 Å². The van der Waals surface area contributed by atoms with E-state index in [0.29, 0.717) is 12.6 Å². The number of imide groups is 1. The second kappa shape index (κ2) is 8.81. The Kier molecular flexibility index (Phi) is 7.04. The minimum Gasteiger partial charge on any atom is -0.333 e. The largest absolute Gasteiger partial charge is 0.333 e. The molecule has 2 aliphatic heterocycles. The molecule has 24 heavy (non-hydrogen) atoms. The fraction of sp³-hybridized carbons (Fsp3) is 0.889. The molecule has 6 nitrogen and oxygen atoms in total. The molecule has 0 aromatic rings. The van der Waals surface area contributed by atoms with E-state index in [1.165, 1.54) is 45.2 Å².